The first-order valence-electron chi connectivity index (χ1n) is 6.92. The summed E-state index contributed by atoms with van der Waals surface area (Å²) in [5.74, 6) is 0.334. The summed E-state index contributed by atoms with van der Waals surface area (Å²) in [4.78, 5) is 19.2. The van der Waals surface area contributed by atoms with Gasteiger partial charge < -0.3 is 4.90 Å². The zero-order valence-electron chi connectivity index (χ0n) is 13.1. The fourth-order valence-electron chi connectivity index (χ4n) is 2.31. The third-order valence-corrected chi connectivity index (χ3v) is 3.54. The van der Waals surface area contributed by atoms with Crippen LogP contribution in [-0.4, -0.2) is 38.3 Å². The Balaban J connectivity index is 2.61. The second-order valence-corrected chi connectivity index (χ2v) is 5.49. The largest absolute Gasteiger partial charge is 0.362 e. The van der Waals surface area contributed by atoms with Gasteiger partial charge in [-0.15, -0.1) is 0 Å². The molecule has 1 amide bonds. The van der Waals surface area contributed by atoms with Crippen molar-refractivity contribution in [3.63, 3.8) is 0 Å². The number of carbonyl (C=O) groups is 1. The third-order valence-electron chi connectivity index (χ3n) is 3.31. The lowest BCUT2D eigenvalue weighted by Gasteiger charge is -2.24. The van der Waals surface area contributed by atoms with Gasteiger partial charge in [-0.25, -0.2) is 4.39 Å². The summed E-state index contributed by atoms with van der Waals surface area (Å²) < 4.78 is 13.1. The Morgan fingerprint density at radius 3 is 2.35 bits per heavy atom. The molecule has 0 aromatic heterocycles. The first-order valence-corrected chi connectivity index (χ1v) is 7.30. The summed E-state index contributed by atoms with van der Waals surface area (Å²) in [6.45, 7) is 0. The maximum atomic E-state index is 13.1. The molecule has 0 fully saturated rings. The minimum absolute atomic E-state index is 0.366. The SMILES string of the molecule is CN=C(c1ccc(Cl)cc1N(C=O)c1ccc(F)cc1)N(C)C. The summed E-state index contributed by atoms with van der Waals surface area (Å²) in [7, 11) is 5.41. The van der Waals surface area contributed by atoms with E-state index in [1.54, 1.807) is 25.2 Å². The molecule has 120 valence electrons. The molecule has 0 radical (unpaired) electrons. The number of hydrogen-bond acceptors (Lipinski definition) is 2. The highest BCUT2D eigenvalue weighted by Crippen LogP contribution is 2.31. The first-order chi connectivity index (χ1) is 11.0. The van der Waals surface area contributed by atoms with Crippen LogP contribution in [0.2, 0.25) is 5.02 Å². The Kier molecular flexibility index (Phi) is 5.34. The van der Waals surface area contributed by atoms with E-state index >= 15 is 0 Å². The van der Waals surface area contributed by atoms with Gasteiger partial charge in [0.05, 0.1) is 5.69 Å². The number of halogens is 2. The fraction of sp³-hybridized carbons (Fsp3) is 0.176. The molecule has 0 bridgehead atoms. The van der Waals surface area contributed by atoms with Crippen molar-refractivity contribution in [1.82, 2.24) is 4.90 Å². The molecule has 23 heavy (non-hydrogen) atoms. The molecule has 0 saturated heterocycles. The minimum atomic E-state index is -0.366. The second kappa shape index (κ2) is 7.24. The van der Waals surface area contributed by atoms with Gasteiger partial charge >= 0.3 is 0 Å². The smallest absolute Gasteiger partial charge is 0.218 e. The van der Waals surface area contributed by atoms with E-state index in [1.807, 2.05) is 19.0 Å². The van der Waals surface area contributed by atoms with E-state index in [9.17, 15) is 9.18 Å². The number of aliphatic imine (C=N–C) groups is 1. The standard InChI is InChI=1S/C17H17ClFN3O/c1-20-17(21(2)3)15-9-4-12(18)10-16(15)22(11-23)14-7-5-13(19)6-8-14/h4-11H,1-3H3. The topological polar surface area (TPSA) is 35.9 Å². The van der Waals surface area contributed by atoms with Gasteiger partial charge in [0.2, 0.25) is 6.41 Å². The van der Waals surface area contributed by atoms with Crippen molar-refractivity contribution in [2.75, 3.05) is 26.0 Å². The summed E-state index contributed by atoms with van der Waals surface area (Å²) in [5, 5.41) is 0.493. The molecule has 0 unspecified atom stereocenters. The van der Waals surface area contributed by atoms with Crippen LogP contribution in [0.1, 0.15) is 5.56 Å². The van der Waals surface area contributed by atoms with Crippen LogP contribution in [0.15, 0.2) is 47.5 Å². The lowest BCUT2D eigenvalue weighted by Crippen LogP contribution is -2.26. The van der Waals surface area contributed by atoms with Crippen LogP contribution in [0.5, 0.6) is 0 Å². The monoisotopic (exact) mass is 333 g/mol. The fourth-order valence-corrected chi connectivity index (χ4v) is 2.48. The number of rotatable bonds is 4. The number of anilines is 2. The number of benzene rings is 2. The lowest BCUT2D eigenvalue weighted by molar-refractivity contribution is -0.106. The van der Waals surface area contributed by atoms with Crippen LogP contribution < -0.4 is 4.90 Å². The molecule has 0 N–H and O–H groups in total. The first kappa shape index (κ1) is 17.0. The highest BCUT2D eigenvalue weighted by atomic mass is 35.5. The van der Waals surface area contributed by atoms with Crippen molar-refractivity contribution >= 4 is 35.2 Å². The van der Waals surface area contributed by atoms with Crippen LogP contribution in [0.4, 0.5) is 15.8 Å². The number of amidine groups is 1. The van der Waals surface area contributed by atoms with Crippen molar-refractivity contribution in [1.29, 1.82) is 0 Å². The lowest BCUT2D eigenvalue weighted by atomic mass is 10.1. The predicted molar refractivity (Wildman–Crippen MR) is 92.2 cm³/mol. The van der Waals surface area contributed by atoms with Gasteiger partial charge in [0.15, 0.2) is 0 Å². The summed E-state index contributed by atoms with van der Waals surface area (Å²) in [6, 6.07) is 10.9. The summed E-state index contributed by atoms with van der Waals surface area (Å²) >= 11 is 6.10. The molecule has 2 aromatic rings. The minimum Gasteiger partial charge on any atom is -0.362 e. The van der Waals surface area contributed by atoms with E-state index in [1.165, 1.54) is 29.2 Å². The van der Waals surface area contributed by atoms with Crippen LogP contribution in [-0.2, 0) is 4.79 Å². The zero-order valence-corrected chi connectivity index (χ0v) is 13.9. The number of amides is 1. The van der Waals surface area contributed by atoms with Gasteiger partial charge in [-0.2, -0.15) is 0 Å². The maximum Gasteiger partial charge on any atom is 0.218 e. The van der Waals surface area contributed by atoms with Gasteiger partial charge in [-0.3, -0.25) is 14.7 Å². The molecule has 4 nitrogen and oxygen atoms in total. The molecule has 0 aliphatic carbocycles. The van der Waals surface area contributed by atoms with Crippen LogP contribution in [0.3, 0.4) is 0 Å². The molecule has 0 spiro atoms. The Labute approximate surface area is 139 Å². The molecule has 2 rings (SSSR count). The molecular formula is C17H17ClFN3O. The van der Waals surface area contributed by atoms with Crippen LogP contribution in [0.25, 0.3) is 0 Å². The van der Waals surface area contributed by atoms with Crippen LogP contribution >= 0.6 is 11.6 Å². The van der Waals surface area contributed by atoms with Gasteiger partial charge in [0, 0.05) is 37.4 Å². The third kappa shape index (κ3) is 3.68. The molecule has 0 aliphatic rings. The Hall–Kier alpha value is -2.40. The van der Waals surface area contributed by atoms with E-state index < -0.39 is 0 Å². The molecule has 6 heteroatoms. The number of hydrogen-bond donors (Lipinski definition) is 0. The van der Waals surface area contributed by atoms with Crippen molar-refractivity contribution in [2.45, 2.75) is 0 Å². The average Bonchev–Trinajstić information content (AvgIpc) is 2.52. The Morgan fingerprint density at radius 2 is 1.83 bits per heavy atom. The van der Waals surface area contributed by atoms with Gasteiger partial charge in [0.25, 0.3) is 0 Å². The molecular weight excluding hydrogens is 317 g/mol. The van der Waals surface area contributed by atoms with E-state index in [0.29, 0.717) is 28.6 Å². The van der Waals surface area contributed by atoms with Crippen LogP contribution in [0, 0.1) is 5.82 Å². The van der Waals surface area contributed by atoms with E-state index in [4.69, 9.17) is 11.6 Å². The van der Waals surface area contributed by atoms with Gasteiger partial charge in [0.1, 0.15) is 11.7 Å². The highest BCUT2D eigenvalue weighted by molar-refractivity contribution is 6.31. The highest BCUT2D eigenvalue weighted by Gasteiger charge is 2.18. The second-order valence-electron chi connectivity index (χ2n) is 5.05. The van der Waals surface area contributed by atoms with Gasteiger partial charge in [-0.05, 0) is 42.5 Å². The normalized spacial score (nSPS) is 11.3. The zero-order chi connectivity index (χ0) is 17.0. The van der Waals surface area contributed by atoms with Crippen molar-refractivity contribution in [3.05, 3.63) is 58.9 Å². The average molecular weight is 334 g/mol. The quantitative estimate of drug-likeness (QED) is 0.486. The van der Waals surface area contributed by atoms with Gasteiger partial charge in [-0.1, -0.05) is 11.6 Å². The van der Waals surface area contributed by atoms with E-state index in [2.05, 4.69) is 4.99 Å². The molecule has 0 heterocycles. The summed E-state index contributed by atoms with van der Waals surface area (Å²) in [6.07, 6.45) is 0.672. The maximum absolute atomic E-state index is 13.1. The van der Waals surface area contributed by atoms with Crippen molar-refractivity contribution in [2.24, 2.45) is 4.99 Å². The molecule has 2 aromatic carbocycles. The molecule has 0 atom stereocenters. The molecule has 0 saturated carbocycles. The molecule has 0 aliphatic heterocycles. The predicted octanol–water partition coefficient (Wildman–Crippen LogP) is 3.71. The van der Waals surface area contributed by atoms with Crippen molar-refractivity contribution in [3.8, 4) is 0 Å². The summed E-state index contributed by atoms with van der Waals surface area (Å²) in [5.41, 5.74) is 1.87. The van der Waals surface area contributed by atoms with E-state index in [0.717, 1.165) is 5.56 Å². The Morgan fingerprint density at radius 1 is 1.17 bits per heavy atom. The number of nitrogens with zero attached hydrogens (tertiary/aromatic N) is 3. The van der Waals surface area contributed by atoms with E-state index in [-0.39, 0.29) is 5.82 Å². The van der Waals surface area contributed by atoms with Crippen molar-refractivity contribution < 1.29 is 9.18 Å². The number of carbonyl (C=O) groups excluding carboxylic acids is 1. The Bertz CT molecular complexity index is 729.